The third-order valence-electron chi connectivity index (χ3n) is 4.59. The van der Waals surface area contributed by atoms with Gasteiger partial charge in [0.15, 0.2) is 23.6 Å². The number of aromatic nitrogens is 3. The van der Waals surface area contributed by atoms with Crippen molar-refractivity contribution in [1.82, 2.24) is 14.9 Å². The van der Waals surface area contributed by atoms with Crippen LogP contribution in [0.4, 0.5) is 27.8 Å². The van der Waals surface area contributed by atoms with Crippen molar-refractivity contribution in [2.75, 3.05) is 11.9 Å². The van der Waals surface area contributed by atoms with Crippen molar-refractivity contribution in [3.8, 4) is 0 Å². The van der Waals surface area contributed by atoms with Gasteiger partial charge in [-0.25, -0.2) is 18.2 Å². The van der Waals surface area contributed by atoms with Crippen LogP contribution in [-0.2, 0) is 23.8 Å². The van der Waals surface area contributed by atoms with Gasteiger partial charge in [-0.3, -0.25) is 14.2 Å². The normalized spacial score (nSPS) is 11.4. The summed E-state index contributed by atoms with van der Waals surface area (Å²) in [5.41, 5.74) is -2.65. The minimum Gasteiger partial charge on any atom is -0.618 e. The molecule has 0 radical (unpaired) electrons. The standard InChI is InChI=1S/C20H15ClF5N5O3/c21-15-8-28-18(29-10-20(25,26)14-3-1-2-6-31(14)34)19(33)30(15)9-16(32)27-7-11-12(22)4-5-13(23)17(11)24/h1-6,8H,7,9-10H2,(H,27,32)(H,28,29). The molecular formula is C20H15ClF5N5O3. The molecule has 0 saturated carbocycles. The van der Waals surface area contributed by atoms with Gasteiger partial charge in [0.05, 0.1) is 12.7 Å². The quantitative estimate of drug-likeness (QED) is 0.213. The van der Waals surface area contributed by atoms with E-state index in [-0.39, 0.29) is 9.88 Å². The smallest absolute Gasteiger partial charge is 0.347 e. The number of nitrogens with one attached hydrogen (secondary N) is 2. The fourth-order valence-electron chi connectivity index (χ4n) is 2.85. The summed E-state index contributed by atoms with van der Waals surface area (Å²) in [5, 5.41) is 15.5. The summed E-state index contributed by atoms with van der Waals surface area (Å²) in [6.07, 6.45) is 1.80. The van der Waals surface area contributed by atoms with Crippen LogP contribution in [0.3, 0.4) is 0 Å². The number of anilines is 1. The zero-order valence-corrected chi connectivity index (χ0v) is 17.8. The molecule has 8 nitrogen and oxygen atoms in total. The number of carbonyl (C=O) groups is 1. The van der Waals surface area contributed by atoms with Crippen LogP contribution in [0.2, 0.25) is 5.15 Å². The lowest BCUT2D eigenvalue weighted by Crippen LogP contribution is -2.41. The lowest BCUT2D eigenvalue weighted by molar-refractivity contribution is -0.624. The second-order valence-electron chi connectivity index (χ2n) is 6.89. The van der Waals surface area contributed by atoms with Crippen LogP contribution in [0.25, 0.3) is 0 Å². The highest BCUT2D eigenvalue weighted by atomic mass is 35.5. The number of rotatable bonds is 8. The van der Waals surface area contributed by atoms with Gasteiger partial charge in [-0.15, -0.1) is 0 Å². The van der Waals surface area contributed by atoms with Crippen molar-refractivity contribution in [2.24, 2.45) is 0 Å². The minimum atomic E-state index is -3.68. The zero-order chi connectivity index (χ0) is 25.0. The number of alkyl halides is 2. The Bertz CT molecular complexity index is 1290. The highest BCUT2D eigenvalue weighted by Crippen LogP contribution is 2.25. The van der Waals surface area contributed by atoms with Crippen LogP contribution in [0, 0.1) is 22.7 Å². The highest BCUT2D eigenvalue weighted by Gasteiger charge is 2.39. The first kappa shape index (κ1) is 24.9. The lowest BCUT2D eigenvalue weighted by Gasteiger charge is -2.17. The van der Waals surface area contributed by atoms with Gasteiger partial charge in [0.25, 0.3) is 11.3 Å². The number of amides is 1. The van der Waals surface area contributed by atoms with Crippen LogP contribution in [0.1, 0.15) is 11.3 Å². The lowest BCUT2D eigenvalue weighted by atomic mass is 10.2. The summed E-state index contributed by atoms with van der Waals surface area (Å²) in [6, 6.07) is 4.68. The summed E-state index contributed by atoms with van der Waals surface area (Å²) in [4.78, 5) is 28.4. The van der Waals surface area contributed by atoms with E-state index in [0.29, 0.717) is 16.7 Å². The first-order valence-electron chi connectivity index (χ1n) is 9.46. The maximum atomic E-state index is 14.4. The van der Waals surface area contributed by atoms with Gasteiger partial charge in [0.2, 0.25) is 5.91 Å². The van der Waals surface area contributed by atoms with Crippen LogP contribution >= 0.6 is 11.6 Å². The fourth-order valence-corrected chi connectivity index (χ4v) is 3.04. The molecule has 3 rings (SSSR count). The molecule has 34 heavy (non-hydrogen) atoms. The van der Waals surface area contributed by atoms with E-state index in [1.165, 1.54) is 12.1 Å². The topological polar surface area (TPSA) is 103 Å². The number of carbonyl (C=O) groups excluding carboxylic acids is 1. The number of benzene rings is 1. The molecule has 0 unspecified atom stereocenters. The molecule has 0 aliphatic carbocycles. The first-order chi connectivity index (χ1) is 16.0. The Hall–Kier alpha value is -3.74. The van der Waals surface area contributed by atoms with E-state index in [1.54, 1.807) is 0 Å². The SMILES string of the molecule is O=C(Cn1c(Cl)cnc(NCC(F)(F)c2cccc[n+]2[O-])c1=O)NCc1c(F)ccc(F)c1F. The van der Waals surface area contributed by atoms with E-state index in [2.05, 4.69) is 15.6 Å². The Morgan fingerprint density at radius 3 is 2.59 bits per heavy atom. The molecule has 2 N–H and O–H groups in total. The Morgan fingerprint density at radius 1 is 1.18 bits per heavy atom. The van der Waals surface area contributed by atoms with Crippen molar-refractivity contribution in [1.29, 1.82) is 0 Å². The fraction of sp³-hybridized carbons (Fsp3) is 0.200. The van der Waals surface area contributed by atoms with E-state index in [1.807, 2.05) is 0 Å². The molecule has 3 aromatic rings. The molecule has 2 heterocycles. The van der Waals surface area contributed by atoms with Crippen molar-refractivity contribution < 1.29 is 31.5 Å². The van der Waals surface area contributed by atoms with E-state index in [0.717, 1.165) is 18.5 Å². The number of pyridine rings is 1. The molecule has 0 bridgehead atoms. The summed E-state index contributed by atoms with van der Waals surface area (Å²) >= 11 is 5.87. The maximum absolute atomic E-state index is 14.4. The third-order valence-corrected chi connectivity index (χ3v) is 4.89. The summed E-state index contributed by atoms with van der Waals surface area (Å²) in [5.74, 6) is -9.10. The number of nitrogens with zero attached hydrogens (tertiary/aromatic N) is 3. The van der Waals surface area contributed by atoms with Gasteiger partial charge in [-0.2, -0.15) is 13.5 Å². The van der Waals surface area contributed by atoms with Gasteiger partial charge >= 0.3 is 5.92 Å². The summed E-state index contributed by atoms with van der Waals surface area (Å²) < 4.78 is 70.1. The molecular weight excluding hydrogens is 489 g/mol. The average Bonchev–Trinajstić information content (AvgIpc) is 2.79. The summed E-state index contributed by atoms with van der Waals surface area (Å²) in [7, 11) is 0. The Morgan fingerprint density at radius 2 is 1.88 bits per heavy atom. The average molecular weight is 504 g/mol. The first-order valence-corrected chi connectivity index (χ1v) is 9.84. The van der Waals surface area contributed by atoms with Crippen LogP contribution in [-0.4, -0.2) is 22.0 Å². The molecule has 14 heteroatoms. The Kier molecular flexibility index (Phi) is 7.35. The van der Waals surface area contributed by atoms with Crippen molar-refractivity contribution in [3.05, 3.63) is 92.1 Å². The van der Waals surface area contributed by atoms with Gasteiger partial charge < -0.3 is 15.8 Å². The maximum Gasteiger partial charge on any atom is 0.347 e. The van der Waals surface area contributed by atoms with Crippen LogP contribution < -0.4 is 20.9 Å². The number of hydrogen-bond donors (Lipinski definition) is 2. The predicted octanol–water partition coefficient (Wildman–Crippen LogP) is 2.47. The van der Waals surface area contributed by atoms with Gasteiger partial charge in [-0.1, -0.05) is 11.6 Å². The molecule has 0 aliphatic rings. The monoisotopic (exact) mass is 503 g/mol. The molecule has 0 saturated heterocycles. The van der Waals surface area contributed by atoms with Gasteiger partial charge in [0.1, 0.15) is 17.5 Å². The molecule has 0 fully saturated rings. The molecule has 1 aromatic carbocycles. The molecule has 1 amide bonds. The second kappa shape index (κ2) is 10.0. The number of halogens is 6. The largest absolute Gasteiger partial charge is 0.618 e. The van der Waals surface area contributed by atoms with E-state index < -0.39 is 71.6 Å². The van der Waals surface area contributed by atoms with Crippen molar-refractivity contribution in [2.45, 2.75) is 19.0 Å². The number of hydrogen-bond acceptors (Lipinski definition) is 5. The molecule has 0 aliphatic heterocycles. The minimum absolute atomic E-state index is 0.0239. The Labute approximate surface area is 193 Å². The second-order valence-corrected chi connectivity index (χ2v) is 7.28. The van der Waals surface area contributed by atoms with E-state index in [4.69, 9.17) is 11.6 Å². The van der Waals surface area contributed by atoms with Gasteiger partial charge in [0, 0.05) is 24.2 Å². The van der Waals surface area contributed by atoms with E-state index in [9.17, 15) is 36.7 Å². The zero-order valence-electron chi connectivity index (χ0n) is 17.0. The third kappa shape index (κ3) is 5.42. The van der Waals surface area contributed by atoms with E-state index >= 15 is 0 Å². The summed E-state index contributed by atoms with van der Waals surface area (Å²) in [6.45, 7) is -2.66. The molecule has 2 aromatic heterocycles. The molecule has 180 valence electrons. The molecule has 0 spiro atoms. The van der Waals surface area contributed by atoms with Crippen molar-refractivity contribution in [3.63, 3.8) is 0 Å². The molecule has 0 atom stereocenters. The predicted molar refractivity (Wildman–Crippen MR) is 109 cm³/mol. The van der Waals surface area contributed by atoms with Crippen molar-refractivity contribution >= 4 is 23.3 Å². The van der Waals surface area contributed by atoms with Crippen LogP contribution in [0.5, 0.6) is 0 Å². The van der Waals surface area contributed by atoms with Crippen LogP contribution in [0.15, 0.2) is 47.5 Å². The van der Waals surface area contributed by atoms with Gasteiger partial charge in [-0.05, 0) is 18.2 Å². The highest BCUT2D eigenvalue weighted by molar-refractivity contribution is 6.29. The Balaban J connectivity index is 1.72.